The maximum absolute atomic E-state index is 7.56. The van der Waals surface area contributed by atoms with Crippen molar-refractivity contribution in [1.29, 1.82) is 0 Å². The molecule has 17 heavy (non-hydrogen) atoms. The predicted molar refractivity (Wildman–Crippen MR) is 70.8 cm³/mol. The van der Waals surface area contributed by atoms with E-state index in [1.807, 2.05) is 0 Å². The van der Waals surface area contributed by atoms with Crippen LogP contribution in [0.3, 0.4) is 0 Å². The Morgan fingerprint density at radius 1 is 0.941 bits per heavy atom. The first-order valence-corrected chi connectivity index (χ1v) is 12.0. The van der Waals surface area contributed by atoms with Crippen molar-refractivity contribution in [3.05, 3.63) is 0 Å². The average Bonchev–Trinajstić information content (AvgIpc) is 1.93. The summed E-state index contributed by atoms with van der Waals surface area (Å²) in [5.41, 5.74) is 0. The summed E-state index contributed by atoms with van der Waals surface area (Å²) in [4.78, 5) is 45.3. The van der Waals surface area contributed by atoms with Crippen LogP contribution in [-0.4, -0.2) is 29.4 Å². The van der Waals surface area contributed by atoms with Gasteiger partial charge in [-0.25, -0.2) is 0 Å². The van der Waals surface area contributed by atoms with Gasteiger partial charge >= 0.3 is 69.4 Å². The van der Waals surface area contributed by atoms with Gasteiger partial charge in [-0.1, -0.05) is 0 Å². The Morgan fingerprint density at radius 2 is 1.18 bits per heavy atom. The van der Waals surface area contributed by atoms with E-state index in [0.717, 1.165) is 5.92 Å². The smallest absolute Gasteiger partial charge is 0.319 e. The Morgan fingerprint density at radius 3 is 1.24 bits per heavy atom. The van der Waals surface area contributed by atoms with Crippen LogP contribution in [0, 0.1) is 5.92 Å². The zero-order chi connectivity index (χ0) is 14.7. The van der Waals surface area contributed by atoms with E-state index in [2.05, 4.69) is 37.5 Å². The van der Waals surface area contributed by atoms with Crippen molar-refractivity contribution < 1.29 is 47.7 Å². The van der Waals surface area contributed by atoms with Crippen LogP contribution in [0.25, 0.3) is 0 Å². The van der Waals surface area contributed by atoms with Crippen molar-refractivity contribution in [2.75, 3.05) is 0 Å². The number of hydrogen-bond donors (Lipinski definition) is 6. The molecule has 0 amide bonds. The molecule has 6 N–H and O–H groups in total. The topological polar surface area (TPSA) is 121 Å². The van der Waals surface area contributed by atoms with Crippen LogP contribution >= 0.6 is 13.4 Å². The molecule has 0 saturated carbocycles. The van der Waals surface area contributed by atoms with Gasteiger partial charge in [-0.3, -0.25) is 0 Å². The average molecular weight is 379 g/mol. The quantitative estimate of drug-likeness (QED) is 0.314. The molecule has 0 unspecified atom stereocenters. The summed E-state index contributed by atoms with van der Waals surface area (Å²) in [6.45, 7) is -3.04. The van der Waals surface area contributed by atoms with Crippen molar-refractivity contribution in [1.82, 2.24) is 0 Å². The van der Waals surface area contributed by atoms with Gasteiger partial charge in [0.15, 0.2) is 0 Å². The Bertz CT molecular complexity index is 216. The van der Waals surface area contributed by atoms with E-state index in [1.54, 1.807) is 0 Å². The molecule has 0 bridgehead atoms. The summed E-state index contributed by atoms with van der Waals surface area (Å²) in [6.07, 6.45) is 2.89. The minimum absolute atomic E-state index is 0.923. The zero-order valence-corrected chi connectivity index (χ0v) is 16.2. The third kappa shape index (κ3) is 135. The second kappa shape index (κ2) is 12.7. The molecule has 0 aromatic rings. The van der Waals surface area contributed by atoms with E-state index < -0.39 is 13.4 Å². The maximum Gasteiger partial charge on any atom is 0.319 e. The molecule has 0 atom stereocenters. The third-order valence-electron chi connectivity index (χ3n) is 1.03. The van der Waals surface area contributed by atoms with Gasteiger partial charge in [-0.2, -0.15) is 0 Å². The first-order chi connectivity index (χ1) is 7.27. The van der Waals surface area contributed by atoms with Crippen LogP contribution in [0.15, 0.2) is 0 Å². The van der Waals surface area contributed by atoms with Gasteiger partial charge in [0, 0.05) is 0 Å². The molecular formula is C6H19O6P2S2Zn. The van der Waals surface area contributed by atoms with E-state index in [0.29, 0.717) is 0 Å². The molecule has 0 aliphatic rings. The SMILES string of the molecule is CC(C)CC[CH2][Zn].OP(O)(O)=S.OP(O)(O)=S. The van der Waals surface area contributed by atoms with Gasteiger partial charge in [0.2, 0.25) is 0 Å². The maximum atomic E-state index is 7.56. The Kier molecular flexibility index (Phi) is 17.7. The molecule has 0 radical (unpaired) electrons. The van der Waals surface area contributed by atoms with Crippen LogP contribution in [0.4, 0.5) is 0 Å². The fraction of sp³-hybridized carbons (Fsp3) is 1.00. The summed E-state index contributed by atoms with van der Waals surface area (Å²) < 4.78 is 0. The summed E-state index contributed by atoms with van der Waals surface area (Å²) in [7, 11) is 0. The Labute approximate surface area is 122 Å². The molecule has 0 aromatic carbocycles. The summed E-state index contributed by atoms with van der Waals surface area (Å²) >= 11 is 8.69. The largest absolute Gasteiger partial charge is 0.325 e. The fourth-order valence-corrected chi connectivity index (χ4v) is 1.16. The number of hydrogen-bond acceptors (Lipinski definition) is 2. The van der Waals surface area contributed by atoms with Crippen LogP contribution in [-0.2, 0) is 41.9 Å². The van der Waals surface area contributed by atoms with Gasteiger partial charge < -0.3 is 29.4 Å². The number of rotatable bonds is 3. The fourth-order valence-electron chi connectivity index (χ4n) is 0.553. The van der Waals surface area contributed by atoms with Crippen LogP contribution in [0.2, 0.25) is 5.02 Å². The molecule has 6 nitrogen and oxygen atoms in total. The molecule has 0 spiro atoms. The molecule has 11 heteroatoms. The monoisotopic (exact) mass is 377 g/mol. The van der Waals surface area contributed by atoms with E-state index >= 15 is 0 Å². The van der Waals surface area contributed by atoms with Crippen molar-refractivity contribution in [3.8, 4) is 0 Å². The standard InChI is InChI=1S/C6H13.2H3O3PS.Zn/c1-4-5-6(2)3;2*1-4(2,3)5;/h6H,1,4-5H2,2-3H3;2*(H3,1,2,3,5);. The van der Waals surface area contributed by atoms with Crippen molar-refractivity contribution in [2.45, 2.75) is 31.7 Å². The van der Waals surface area contributed by atoms with Crippen molar-refractivity contribution in [3.63, 3.8) is 0 Å². The van der Waals surface area contributed by atoms with Gasteiger partial charge in [-0.05, 0) is 23.6 Å². The second-order valence-electron chi connectivity index (χ2n) is 3.42. The molecule has 0 saturated heterocycles. The van der Waals surface area contributed by atoms with Crippen LogP contribution in [0.5, 0.6) is 0 Å². The normalized spacial score (nSPS) is 11.2. The summed E-state index contributed by atoms with van der Waals surface area (Å²) in [5, 5.41) is 1.47. The molecule has 0 aromatic heterocycles. The minimum Gasteiger partial charge on any atom is -0.325 e. The Balaban J connectivity index is -0.000000177. The van der Waals surface area contributed by atoms with E-state index in [4.69, 9.17) is 29.4 Å². The van der Waals surface area contributed by atoms with Crippen molar-refractivity contribution >= 4 is 37.1 Å². The van der Waals surface area contributed by atoms with Crippen molar-refractivity contribution in [2.24, 2.45) is 5.92 Å². The summed E-state index contributed by atoms with van der Waals surface area (Å²) in [5.74, 6) is 0.923. The van der Waals surface area contributed by atoms with E-state index in [9.17, 15) is 0 Å². The minimum atomic E-state index is -3.81. The van der Waals surface area contributed by atoms with Gasteiger partial charge in [-0.15, -0.1) is 0 Å². The van der Waals surface area contributed by atoms with Crippen LogP contribution < -0.4 is 0 Å². The van der Waals surface area contributed by atoms with Gasteiger partial charge in [0.1, 0.15) is 0 Å². The second-order valence-corrected chi connectivity index (χ2v) is 9.89. The third-order valence-corrected chi connectivity index (χ3v) is 2.08. The molecule has 0 aliphatic carbocycles. The first kappa shape index (κ1) is 23.8. The van der Waals surface area contributed by atoms with Gasteiger partial charge in [0.05, 0.1) is 0 Å². The van der Waals surface area contributed by atoms with Gasteiger partial charge in [0.25, 0.3) is 0 Å². The molecule has 0 fully saturated rings. The van der Waals surface area contributed by atoms with E-state index in [-0.39, 0.29) is 0 Å². The predicted octanol–water partition coefficient (Wildman–Crippen LogP) is 0.763. The molecule has 103 valence electrons. The molecule has 0 heterocycles. The zero-order valence-electron chi connectivity index (χ0n) is 9.80. The Hall–Kier alpha value is 1.68. The summed E-state index contributed by atoms with van der Waals surface area (Å²) in [6, 6.07) is 0. The molecule has 0 aliphatic heterocycles. The van der Waals surface area contributed by atoms with E-state index in [1.165, 1.54) is 36.2 Å². The molecular weight excluding hydrogens is 360 g/mol. The van der Waals surface area contributed by atoms with Crippen LogP contribution in [0.1, 0.15) is 26.7 Å². The molecule has 0 rings (SSSR count). The first-order valence-electron chi connectivity index (χ1n) is 4.63.